The second-order valence-corrected chi connectivity index (χ2v) is 5.08. The highest BCUT2D eigenvalue weighted by Crippen LogP contribution is 2.34. The first kappa shape index (κ1) is 14.2. The van der Waals surface area contributed by atoms with Gasteiger partial charge in [-0.15, -0.1) is 11.6 Å². The highest BCUT2D eigenvalue weighted by atomic mass is 35.5. The summed E-state index contributed by atoms with van der Waals surface area (Å²) in [6.07, 6.45) is -3.76. The van der Waals surface area contributed by atoms with Crippen LogP contribution >= 0.6 is 11.6 Å². The van der Waals surface area contributed by atoms with Gasteiger partial charge in [-0.3, -0.25) is 4.98 Å². The first-order valence-electron chi connectivity index (χ1n) is 4.27. The number of hydrogen-bond donors (Lipinski definition) is 1. The van der Waals surface area contributed by atoms with Crippen LogP contribution in [0.4, 0.5) is 13.2 Å². The molecule has 0 aliphatic rings. The smallest absolute Gasteiger partial charge is 0.259 e. The third kappa shape index (κ3) is 3.55. The van der Waals surface area contributed by atoms with Crippen LogP contribution in [0.1, 0.15) is 11.6 Å². The highest BCUT2D eigenvalue weighted by molar-refractivity contribution is 7.89. The molecule has 0 amide bonds. The number of nitrogens with zero attached hydrogens (tertiary/aromatic N) is 1. The third-order valence-electron chi connectivity index (χ3n) is 1.99. The zero-order valence-corrected chi connectivity index (χ0v) is 9.85. The average molecular weight is 289 g/mol. The standard InChI is InChI=1S/C8H8ClF3N2O2S/c9-3-6(8(10,11)12)7-2-1-5(4-14-7)17(13,15)16/h1-2,4,6H,3H2,(H2,13,15,16). The molecule has 0 saturated carbocycles. The summed E-state index contributed by atoms with van der Waals surface area (Å²) in [5.74, 6) is -2.62. The molecule has 4 nitrogen and oxygen atoms in total. The number of alkyl halides is 4. The van der Waals surface area contributed by atoms with Crippen molar-refractivity contribution in [2.24, 2.45) is 5.14 Å². The molecule has 0 bridgehead atoms. The second-order valence-electron chi connectivity index (χ2n) is 3.21. The van der Waals surface area contributed by atoms with E-state index in [1.165, 1.54) is 0 Å². The Hall–Kier alpha value is -0.860. The van der Waals surface area contributed by atoms with Gasteiger partial charge in [0.05, 0.1) is 5.69 Å². The van der Waals surface area contributed by atoms with Gasteiger partial charge in [-0.2, -0.15) is 13.2 Å². The van der Waals surface area contributed by atoms with Gasteiger partial charge in [0.15, 0.2) is 0 Å². The Morgan fingerprint density at radius 2 is 2.00 bits per heavy atom. The molecule has 1 aromatic rings. The third-order valence-corrected chi connectivity index (χ3v) is 3.20. The van der Waals surface area contributed by atoms with Crippen molar-refractivity contribution in [3.05, 3.63) is 24.0 Å². The molecule has 0 fully saturated rings. The summed E-state index contributed by atoms with van der Waals surface area (Å²) in [4.78, 5) is 3.07. The Labute approximate surface area is 101 Å². The highest BCUT2D eigenvalue weighted by Gasteiger charge is 2.41. The van der Waals surface area contributed by atoms with Gasteiger partial charge >= 0.3 is 6.18 Å². The lowest BCUT2D eigenvalue weighted by Crippen LogP contribution is -2.23. The lowest BCUT2D eigenvalue weighted by molar-refractivity contribution is -0.146. The van der Waals surface area contributed by atoms with Crippen LogP contribution in [0.5, 0.6) is 0 Å². The maximum atomic E-state index is 12.5. The molecule has 0 saturated heterocycles. The van der Waals surface area contributed by atoms with Crippen LogP contribution in [-0.4, -0.2) is 25.5 Å². The Balaban J connectivity index is 3.10. The topological polar surface area (TPSA) is 73.1 Å². The first-order chi connectivity index (χ1) is 7.66. The first-order valence-corrected chi connectivity index (χ1v) is 6.35. The van der Waals surface area contributed by atoms with E-state index in [9.17, 15) is 21.6 Å². The van der Waals surface area contributed by atoms with Crippen LogP contribution in [-0.2, 0) is 10.0 Å². The summed E-state index contributed by atoms with van der Waals surface area (Å²) in [5, 5.41) is 4.79. The molecule has 96 valence electrons. The quantitative estimate of drug-likeness (QED) is 0.859. The van der Waals surface area contributed by atoms with Crippen molar-refractivity contribution in [1.82, 2.24) is 4.98 Å². The zero-order chi connectivity index (χ0) is 13.3. The van der Waals surface area contributed by atoms with Gasteiger partial charge in [-0.1, -0.05) is 0 Å². The minimum absolute atomic E-state index is 0.347. The molecule has 0 aromatic carbocycles. The van der Waals surface area contributed by atoms with Crippen molar-refractivity contribution < 1.29 is 21.6 Å². The number of sulfonamides is 1. The average Bonchev–Trinajstić information content (AvgIpc) is 2.16. The Morgan fingerprint density at radius 3 is 2.29 bits per heavy atom. The molecule has 0 spiro atoms. The second kappa shape index (κ2) is 4.79. The van der Waals surface area contributed by atoms with Crippen molar-refractivity contribution in [1.29, 1.82) is 0 Å². The maximum absolute atomic E-state index is 12.5. The van der Waals surface area contributed by atoms with Gasteiger partial charge in [0, 0.05) is 12.1 Å². The summed E-state index contributed by atoms with van der Waals surface area (Å²) in [6.45, 7) is 0. The Kier molecular flexibility index (Phi) is 4.00. The molecule has 1 rings (SSSR count). The van der Waals surface area contributed by atoms with E-state index in [4.69, 9.17) is 16.7 Å². The van der Waals surface area contributed by atoms with Gasteiger partial charge in [-0.05, 0) is 12.1 Å². The van der Waals surface area contributed by atoms with Crippen LogP contribution in [0.15, 0.2) is 23.2 Å². The van der Waals surface area contributed by atoms with E-state index in [1.54, 1.807) is 0 Å². The molecule has 1 unspecified atom stereocenters. The Morgan fingerprint density at radius 1 is 1.41 bits per heavy atom. The molecule has 1 aromatic heterocycles. The summed E-state index contributed by atoms with van der Waals surface area (Å²) < 4.78 is 59.2. The van der Waals surface area contributed by atoms with Crippen molar-refractivity contribution in [2.45, 2.75) is 17.0 Å². The minimum Gasteiger partial charge on any atom is -0.259 e. The van der Waals surface area contributed by atoms with Gasteiger partial charge in [0.25, 0.3) is 0 Å². The number of aromatic nitrogens is 1. The number of pyridine rings is 1. The van der Waals surface area contributed by atoms with Gasteiger partial charge in [-0.25, -0.2) is 13.6 Å². The fourth-order valence-corrected chi connectivity index (χ4v) is 1.89. The zero-order valence-electron chi connectivity index (χ0n) is 8.28. The predicted octanol–water partition coefficient (Wildman–Crippen LogP) is 1.61. The maximum Gasteiger partial charge on any atom is 0.398 e. The number of halogens is 4. The largest absolute Gasteiger partial charge is 0.398 e. The van der Waals surface area contributed by atoms with Crippen LogP contribution in [0.25, 0.3) is 0 Å². The van der Waals surface area contributed by atoms with E-state index in [2.05, 4.69) is 4.98 Å². The van der Waals surface area contributed by atoms with Crippen molar-refractivity contribution in [3.8, 4) is 0 Å². The van der Waals surface area contributed by atoms with Gasteiger partial charge < -0.3 is 0 Å². The minimum atomic E-state index is -4.53. The molecule has 0 radical (unpaired) electrons. The molecule has 0 aliphatic carbocycles. The number of hydrogen-bond acceptors (Lipinski definition) is 3. The Bertz CT molecular complexity index is 486. The lowest BCUT2D eigenvalue weighted by atomic mass is 10.1. The summed E-state index contributed by atoms with van der Waals surface area (Å²) in [6, 6.07) is 1.91. The molecular weight excluding hydrogens is 281 g/mol. The fourth-order valence-electron chi connectivity index (χ4n) is 1.10. The fraction of sp³-hybridized carbons (Fsp3) is 0.375. The number of primary sulfonamides is 1. The van der Waals surface area contributed by atoms with Gasteiger partial charge in [0.2, 0.25) is 10.0 Å². The van der Waals surface area contributed by atoms with Crippen LogP contribution < -0.4 is 5.14 Å². The molecule has 17 heavy (non-hydrogen) atoms. The summed E-state index contributed by atoms with van der Waals surface area (Å²) in [5.41, 5.74) is -0.347. The lowest BCUT2D eigenvalue weighted by Gasteiger charge is -2.16. The summed E-state index contributed by atoms with van der Waals surface area (Å²) >= 11 is 5.21. The van der Waals surface area contributed by atoms with E-state index >= 15 is 0 Å². The summed E-state index contributed by atoms with van der Waals surface area (Å²) in [7, 11) is -3.96. The van der Waals surface area contributed by atoms with Crippen LogP contribution in [0.3, 0.4) is 0 Å². The van der Waals surface area contributed by atoms with E-state index in [-0.39, 0.29) is 10.6 Å². The normalized spacial score (nSPS) is 14.6. The van der Waals surface area contributed by atoms with E-state index < -0.39 is 28.0 Å². The number of nitrogens with two attached hydrogens (primary N) is 1. The monoisotopic (exact) mass is 288 g/mol. The molecule has 1 heterocycles. The van der Waals surface area contributed by atoms with Crippen molar-refractivity contribution >= 4 is 21.6 Å². The van der Waals surface area contributed by atoms with Crippen LogP contribution in [0, 0.1) is 0 Å². The van der Waals surface area contributed by atoms with E-state index in [1.807, 2.05) is 0 Å². The van der Waals surface area contributed by atoms with Crippen LogP contribution in [0.2, 0.25) is 0 Å². The molecule has 2 N–H and O–H groups in total. The van der Waals surface area contributed by atoms with E-state index in [0.29, 0.717) is 0 Å². The molecule has 9 heteroatoms. The van der Waals surface area contributed by atoms with Crippen molar-refractivity contribution in [3.63, 3.8) is 0 Å². The van der Waals surface area contributed by atoms with E-state index in [0.717, 1.165) is 18.3 Å². The van der Waals surface area contributed by atoms with Gasteiger partial charge in [0.1, 0.15) is 10.8 Å². The predicted molar refractivity (Wildman–Crippen MR) is 55.1 cm³/mol. The number of rotatable bonds is 3. The SMILES string of the molecule is NS(=O)(=O)c1ccc(C(CCl)C(F)(F)F)nc1. The van der Waals surface area contributed by atoms with Crippen molar-refractivity contribution in [2.75, 3.05) is 5.88 Å². The molecule has 0 aliphatic heterocycles. The molecular formula is C8H8ClF3N2O2S. The molecule has 1 atom stereocenters.